The van der Waals surface area contributed by atoms with Gasteiger partial charge in [0.1, 0.15) is 0 Å². The summed E-state index contributed by atoms with van der Waals surface area (Å²) in [5.41, 5.74) is 6.96. The molecule has 5 nitrogen and oxygen atoms in total. The van der Waals surface area contributed by atoms with E-state index in [-0.39, 0.29) is 11.9 Å². The van der Waals surface area contributed by atoms with Crippen molar-refractivity contribution in [2.75, 3.05) is 25.9 Å². The van der Waals surface area contributed by atoms with Crippen LogP contribution in [0.5, 0.6) is 0 Å². The monoisotopic (exact) mass is 298 g/mol. The van der Waals surface area contributed by atoms with E-state index in [1.807, 2.05) is 0 Å². The molecule has 20 heavy (non-hydrogen) atoms. The molecule has 2 rings (SSSR count). The molecule has 1 aromatic carbocycles. The third-order valence-corrected chi connectivity index (χ3v) is 5.38. The molecule has 1 aromatic rings. The van der Waals surface area contributed by atoms with Gasteiger partial charge in [0.2, 0.25) is 10.0 Å². The second kappa shape index (κ2) is 6.56. The molecule has 1 atom stereocenters. The fourth-order valence-electron chi connectivity index (χ4n) is 2.32. The van der Waals surface area contributed by atoms with Crippen molar-refractivity contribution in [3.05, 3.63) is 29.8 Å². The second-order valence-electron chi connectivity index (χ2n) is 5.22. The van der Waals surface area contributed by atoms with E-state index in [0.29, 0.717) is 17.8 Å². The molecular formula is C14H22N2O3S. The number of benzene rings is 1. The maximum absolute atomic E-state index is 12.3. The fourth-order valence-corrected chi connectivity index (χ4v) is 3.59. The molecule has 1 aliphatic heterocycles. The van der Waals surface area contributed by atoms with Crippen molar-refractivity contribution < 1.29 is 13.2 Å². The highest BCUT2D eigenvalue weighted by Gasteiger charge is 2.24. The smallest absolute Gasteiger partial charge is 0.218 e. The minimum Gasteiger partial charge on any atom is -0.398 e. The van der Waals surface area contributed by atoms with Crippen LogP contribution in [0.2, 0.25) is 0 Å². The number of hydrogen-bond acceptors (Lipinski definition) is 4. The van der Waals surface area contributed by atoms with Crippen molar-refractivity contribution in [3.63, 3.8) is 0 Å². The Morgan fingerprint density at radius 2 is 2.10 bits per heavy atom. The van der Waals surface area contributed by atoms with Crippen molar-refractivity contribution in [1.29, 1.82) is 0 Å². The first-order chi connectivity index (χ1) is 9.49. The molecule has 0 radical (unpaired) electrons. The van der Waals surface area contributed by atoms with Gasteiger partial charge in [0.15, 0.2) is 0 Å². The van der Waals surface area contributed by atoms with Crippen LogP contribution in [-0.4, -0.2) is 39.0 Å². The number of likely N-dealkylation sites (N-methyl/N-ethyl adjacent to an activating group) is 1. The summed E-state index contributed by atoms with van der Waals surface area (Å²) in [6.07, 6.45) is 3.10. The normalized spacial score (nSPS) is 20.2. The van der Waals surface area contributed by atoms with Crippen LogP contribution in [0, 0.1) is 0 Å². The number of nitrogens with two attached hydrogens (primary N) is 1. The van der Waals surface area contributed by atoms with Crippen molar-refractivity contribution in [3.8, 4) is 0 Å². The Labute approximate surface area is 120 Å². The van der Waals surface area contributed by atoms with E-state index in [4.69, 9.17) is 10.5 Å². The average Bonchev–Trinajstić information content (AvgIpc) is 2.42. The summed E-state index contributed by atoms with van der Waals surface area (Å²) in [4.78, 5) is 0. The lowest BCUT2D eigenvalue weighted by atomic mass is 10.1. The molecule has 1 aliphatic rings. The predicted octanol–water partition coefficient (Wildman–Crippen LogP) is 1.60. The van der Waals surface area contributed by atoms with Crippen molar-refractivity contribution in [2.45, 2.75) is 31.1 Å². The molecule has 0 spiro atoms. The van der Waals surface area contributed by atoms with Crippen molar-refractivity contribution in [1.82, 2.24) is 4.31 Å². The highest BCUT2D eigenvalue weighted by molar-refractivity contribution is 7.88. The minimum absolute atomic E-state index is 0.0108. The number of anilines is 1. The fraction of sp³-hybridized carbons (Fsp3) is 0.571. The van der Waals surface area contributed by atoms with Crippen LogP contribution in [-0.2, 0) is 20.5 Å². The van der Waals surface area contributed by atoms with Crippen LogP contribution < -0.4 is 5.73 Å². The highest BCUT2D eigenvalue weighted by Crippen LogP contribution is 2.18. The molecule has 6 heteroatoms. The van der Waals surface area contributed by atoms with Gasteiger partial charge in [0, 0.05) is 25.9 Å². The Hall–Kier alpha value is -1.11. The average molecular weight is 298 g/mol. The topological polar surface area (TPSA) is 72.6 Å². The summed E-state index contributed by atoms with van der Waals surface area (Å²) >= 11 is 0. The van der Waals surface area contributed by atoms with Crippen LogP contribution in [0.15, 0.2) is 24.3 Å². The molecule has 1 saturated heterocycles. The first-order valence-electron chi connectivity index (χ1n) is 6.88. The van der Waals surface area contributed by atoms with Crippen molar-refractivity contribution in [2.24, 2.45) is 0 Å². The second-order valence-corrected chi connectivity index (χ2v) is 7.30. The molecule has 0 aromatic heterocycles. The molecule has 2 N–H and O–H groups in total. The SMILES string of the molecule is CN(CC1CCCCO1)S(=O)(=O)Cc1ccccc1N. The zero-order valence-corrected chi connectivity index (χ0v) is 12.6. The highest BCUT2D eigenvalue weighted by atomic mass is 32.2. The van der Waals surface area contributed by atoms with Gasteiger partial charge in [-0.2, -0.15) is 0 Å². The van der Waals surface area contributed by atoms with E-state index in [1.165, 1.54) is 4.31 Å². The molecule has 1 unspecified atom stereocenters. The van der Waals surface area contributed by atoms with Crippen LogP contribution in [0.1, 0.15) is 24.8 Å². The summed E-state index contributed by atoms with van der Waals surface area (Å²) in [5, 5.41) is 0. The number of para-hydroxylation sites is 1. The van der Waals surface area contributed by atoms with Gasteiger partial charge in [-0.15, -0.1) is 0 Å². The van der Waals surface area contributed by atoms with Gasteiger partial charge in [-0.25, -0.2) is 12.7 Å². The number of hydrogen-bond donors (Lipinski definition) is 1. The van der Waals surface area contributed by atoms with Gasteiger partial charge in [0.05, 0.1) is 11.9 Å². The first-order valence-corrected chi connectivity index (χ1v) is 8.49. The number of nitrogen functional groups attached to an aromatic ring is 1. The van der Waals surface area contributed by atoms with Crippen LogP contribution in [0.4, 0.5) is 5.69 Å². The zero-order valence-electron chi connectivity index (χ0n) is 11.8. The van der Waals surface area contributed by atoms with Crippen LogP contribution in [0.3, 0.4) is 0 Å². The Morgan fingerprint density at radius 3 is 2.75 bits per heavy atom. The largest absolute Gasteiger partial charge is 0.398 e. The number of ether oxygens (including phenoxy) is 1. The summed E-state index contributed by atoms with van der Waals surface area (Å²) < 4.78 is 31.7. The summed E-state index contributed by atoms with van der Waals surface area (Å²) in [6.45, 7) is 1.14. The van der Waals surface area contributed by atoms with Gasteiger partial charge in [-0.05, 0) is 30.9 Å². The first kappa shape index (κ1) is 15.3. The molecule has 0 amide bonds. The minimum atomic E-state index is -3.36. The molecule has 0 saturated carbocycles. The van der Waals surface area contributed by atoms with Gasteiger partial charge in [-0.3, -0.25) is 0 Å². The lowest BCUT2D eigenvalue weighted by molar-refractivity contribution is 0.00857. The quantitative estimate of drug-likeness (QED) is 0.838. The predicted molar refractivity (Wildman–Crippen MR) is 79.7 cm³/mol. The standard InChI is InChI=1S/C14H22N2O3S/c1-16(10-13-7-4-5-9-19-13)20(17,18)11-12-6-2-3-8-14(12)15/h2-3,6,8,13H,4-5,7,9-11,15H2,1H3. The third kappa shape index (κ3) is 3.94. The Morgan fingerprint density at radius 1 is 1.35 bits per heavy atom. The lowest BCUT2D eigenvalue weighted by Gasteiger charge is -2.27. The molecular weight excluding hydrogens is 276 g/mol. The molecule has 1 heterocycles. The molecule has 0 aliphatic carbocycles. The summed E-state index contributed by atoms with van der Waals surface area (Å²) in [6, 6.07) is 7.06. The van der Waals surface area contributed by atoms with Gasteiger partial charge in [-0.1, -0.05) is 18.2 Å². The van der Waals surface area contributed by atoms with E-state index in [1.54, 1.807) is 31.3 Å². The lowest BCUT2D eigenvalue weighted by Crippen LogP contribution is -2.37. The van der Waals surface area contributed by atoms with Gasteiger partial charge < -0.3 is 10.5 Å². The van der Waals surface area contributed by atoms with E-state index in [9.17, 15) is 8.42 Å². The van der Waals surface area contributed by atoms with Crippen LogP contribution in [0.25, 0.3) is 0 Å². The van der Waals surface area contributed by atoms with E-state index in [2.05, 4.69) is 0 Å². The Kier molecular flexibility index (Phi) is 5.01. The van der Waals surface area contributed by atoms with Gasteiger partial charge >= 0.3 is 0 Å². The third-order valence-electron chi connectivity index (χ3n) is 3.60. The maximum atomic E-state index is 12.3. The number of sulfonamides is 1. The van der Waals surface area contributed by atoms with E-state index >= 15 is 0 Å². The van der Waals surface area contributed by atoms with Crippen molar-refractivity contribution >= 4 is 15.7 Å². The molecule has 1 fully saturated rings. The van der Waals surface area contributed by atoms with Crippen LogP contribution >= 0.6 is 0 Å². The Balaban J connectivity index is 2.00. The Bertz CT molecular complexity index is 539. The number of rotatable bonds is 5. The van der Waals surface area contributed by atoms with E-state index in [0.717, 1.165) is 25.9 Å². The molecule has 112 valence electrons. The number of nitrogens with zero attached hydrogens (tertiary/aromatic N) is 1. The van der Waals surface area contributed by atoms with E-state index < -0.39 is 10.0 Å². The zero-order chi connectivity index (χ0) is 14.6. The molecule has 0 bridgehead atoms. The summed E-state index contributed by atoms with van der Waals surface area (Å²) in [5.74, 6) is -0.0666. The summed E-state index contributed by atoms with van der Waals surface area (Å²) in [7, 11) is -1.76. The maximum Gasteiger partial charge on any atom is 0.218 e. The van der Waals surface area contributed by atoms with Gasteiger partial charge in [0.25, 0.3) is 0 Å².